The molecule has 41 heteroatoms. The second-order valence-corrected chi connectivity index (χ2v) is 31.8. The number of nitrogens with two attached hydrogens (primary N) is 1. The molecule has 9 amide bonds. The minimum Gasteiger partial charge on any atom is -0.508 e. The quantitative estimate of drug-likeness (QED) is 0.0230. The van der Waals surface area contributed by atoms with Crippen molar-refractivity contribution in [3.8, 4) is 62.9 Å². The third kappa shape index (κ3) is 21.7. The van der Waals surface area contributed by atoms with E-state index in [0.717, 1.165) is 83.8 Å². The number of nitrogens with one attached hydrogen (secondary N) is 8. The third-order valence-corrected chi connectivity index (χ3v) is 21.8. The molecule has 7 heterocycles. The molecule has 38 nitrogen and oxygen atoms in total. The van der Waals surface area contributed by atoms with Gasteiger partial charge in [-0.2, -0.15) is 0 Å². The largest absolute Gasteiger partial charge is 0.508 e. The highest BCUT2D eigenvalue weighted by molar-refractivity contribution is 6.32. The highest BCUT2D eigenvalue weighted by atomic mass is 35.5. The van der Waals surface area contributed by atoms with Gasteiger partial charge in [0.2, 0.25) is 53.4 Å². The number of esters is 1. The van der Waals surface area contributed by atoms with E-state index in [1.165, 1.54) is 57.3 Å². The lowest BCUT2D eigenvalue weighted by Gasteiger charge is -2.48. The molecule has 0 radical (unpaired) electrons. The van der Waals surface area contributed by atoms with Crippen LogP contribution >= 0.6 is 34.8 Å². The van der Waals surface area contributed by atoms with Crippen LogP contribution in [0.1, 0.15) is 111 Å². The van der Waals surface area contributed by atoms with Gasteiger partial charge in [0.05, 0.1) is 28.1 Å². The van der Waals surface area contributed by atoms with E-state index >= 15 is 24.0 Å². The Morgan fingerprint density at radius 3 is 1.91 bits per heavy atom. The lowest BCUT2D eigenvalue weighted by Crippen LogP contribution is -2.66. The Bertz CT molecular complexity index is 5160. The molecule has 2 saturated heterocycles. The number of fused-ring (bicyclic) bond motifs is 15. The lowest BCUT2D eigenvalue weighted by atomic mass is 9.85. The van der Waals surface area contributed by atoms with E-state index in [2.05, 4.69) is 62.3 Å². The Labute approximate surface area is 728 Å². The van der Waals surface area contributed by atoms with Crippen molar-refractivity contribution in [2.24, 2.45) is 11.7 Å². The first kappa shape index (κ1) is 93.6. The van der Waals surface area contributed by atoms with E-state index in [0.29, 0.717) is 0 Å². The number of aliphatic hydroxyl groups excluding tert-OH is 5. The number of carbonyl (C=O) groups excluding carboxylic acids is 10. The van der Waals surface area contributed by atoms with Gasteiger partial charge in [-0.3, -0.25) is 38.5 Å². The number of ether oxygens (including phenoxy) is 9. The van der Waals surface area contributed by atoms with Crippen LogP contribution in [0.15, 0.2) is 135 Å². The maximum absolute atomic E-state index is 16.5. The first-order chi connectivity index (χ1) is 59.3. The molecule has 0 aromatic heterocycles. The van der Waals surface area contributed by atoms with E-state index < -0.39 is 273 Å². The number of hydrogen-bond acceptors (Lipinski definition) is 29. The summed E-state index contributed by atoms with van der Waals surface area (Å²) in [5.41, 5.74) is 1.53. The molecule has 0 aliphatic carbocycles. The Morgan fingerprint density at radius 2 is 1.27 bits per heavy atom. The van der Waals surface area contributed by atoms with Crippen molar-refractivity contribution in [3.05, 3.63) is 183 Å². The predicted octanol–water partition coefficient (Wildman–Crippen LogP) is 4.90. The molecule has 10 unspecified atom stereocenters. The first-order valence-corrected chi connectivity index (χ1v) is 40.1. The van der Waals surface area contributed by atoms with Crippen LogP contribution in [0.25, 0.3) is 11.1 Å². The summed E-state index contributed by atoms with van der Waals surface area (Å²) in [7, 11) is 1.23. The smallest absolute Gasteiger partial charge is 0.410 e. The van der Waals surface area contributed by atoms with Crippen LogP contribution in [0.5, 0.6) is 51.7 Å². The number of primary amides is 1. The van der Waals surface area contributed by atoms with Crippen molar-refractivity contribution in [1.29, 1.82) is 0 Å². The normalized spacial score (nSPS) is 25.7. The van der Waals surface area contributed by atoms with Gasteiger partial charge in [0.25, 0.3) is 0 Å². The average molecular weight is 1800 g/mol. The molecule has 0 spiro atoms. The zero-order valence-corrected chi connectivity index (χ0v) is 69.8. The summed E-state index contributed by atoms with van der Waals surface area (Å²) in [6.07, 6.45) is -18.7. The lowest BCUT2D eigenvalue weighted by molar-refractivity contribution is -0.331. The molecule has 7 aliphatic heterocycles. The number of hydrogen-bond donors (Lipinski definition) is 18. The standard InChI is InChI=1S/C84H93Cl3N10O28/c1-9-20-117-80(114)64-46-30-44(98)31-53(101)61(46)45-25-38(12-16-52(45)100)62-76(110)95-66(79(113)93-64)68(104)40-14-19-55(48(87)27-40)122-57-29-41-28-56(71(57)125-81-72(124-60-33-84(7,73(107)37(6)120-60)96-82(115)118-21-10-2)70(106)69(105)58(123-81)35-89-34-42-24-43(85)15-17-51(42)99)121-54-18-13-39(26-47(54)86)67(103)65(94-75(109)50(23-36(4)5)97(8)83(116)119-22-11-3)78(112)90-49(32-59(88)102)74(108)91-63(41)77(111)92-62/h9-19,24-31,36-37,49-50,58,60,62-70,72-73,81,89,98-101,103-107H,1-3,20-23,32-35H2,4-8H3,(H2,88,102)(H,90,112)(H,91,108)(H,92,111)(H,93,113)(H,94,109)(H,95,110)(H,96,115)/t37?,49-,50-,58?,60?,62?,63+,64+,65+,66-,67+,68+,69?,70?,72?,73?,81?,84?/m0/s1. The number of rotatable bonds is 23. The second kappa shape index (κ2) is 40.3. The fourth-order valence-corrected chi connectivity index (χ4v) is 15.3. The molecule has 19 N–H and O–H groups in total. The van der Waals surface area contributed by atoms with E-state index in [-0.39, 0.29) is 65.1 Å². The van der Waals surface area contributed by atoms with Gasteiger partial charge in [0.15, 0.2) is 29.9 Å². The molecule has 125 heavy (non-hydrogen) atoms. The van der Waals surface area contributed by atoms with Crippen molar-refractivity contribution in [2.75, 3.05) is 33.4 Å². The summed E-state index contributed by atoms with van der Waals surface area (Å²) in [5, 5.41) is 127. The number of alkyl carbamates (subject to hydrolysis) is 1. The molecule has 0 saturated carbocycles. The predicted molar refractivity (Wildman–Crippen MR) is 441 cm³/mol. The molecule has 6 aromatic rings. The highest BCUT2D eigenvalue weighted by Gasteiger charge is 2.53. The van der Waals surface area contributed by atoms with Crippen molar-refractivity contribution in [1.82, 2.24) is 47.4 Å². The summed E-state index contributed by atoms with van der Waals surface area (Å²) in [5.74, 6) is -16.8. The van der Waals surface area contributed by atoms with E-state index in [1.54, 1.807) is 13.8 Å². The molecule has 18 atom stereocenters. The Morgan fingerprint density at radius 1 is 0.664 bits per heavy atom. The van der Waals surface area contributed by atoms with Crippen LogP contribution in [-0.4, -0.2) is 223 Å². The summed E-state index contributed by atoms with van der Waals surface area (Å²) in [6.45, 7) is 15.4. The molecule has 11 bridgehead atoms. The molecular formula is C84H93Cl3N10O28. The van der Waals surface area contributed by atoms with Crippen LogP contribution < -0.4 is 62.5 Å². The number of phenols is 4. The minimum atomic E-state index is -2.45. The van der Waals surface area contributed by atoms with Crippen molar-refractivity contribution in [3.63, 3.8) is 0 Å². The van der Waals surface area contributed by atoms with Gasteiger partial charge in [-0.25, -0.2) is 14.4 Å². The number of nitrogens with zero attached hydrogens (tertiary/aromatic N) is 1. The maximum Gasteiger partial charge on any atom is 0.410 e. The van der Waals surface area contributed by atoms with Gasteiger partial charge in [-0.1, -0.05) is 105 Å². The minimum absolute atomic E-state index is 0.0984. The van der Waals surface area contributed by atoms with Gasteiger partial charge in [0.1, 0.15) is 127 Å². The number of likely N-dealkylation sites (N-methyl/N-ethyl adjacent to an activating group) is 1. The fourth-order valence-electron chi connectivity index (χ4n) is 14.7. The average Bonchev–Trinajstić information content (AvgIpc) is 0.769. The molecular weight excluding hydrogens is 1700 g/mol. The first-order valence-electron chi connectivity index (χ1n) is 39.0. The topological polar surface area (TPSA) is 561 Å². The SMILES string of the molecule is C=CCOC(=O)NC1(C)CC(OC2C(Oc3c4cc5cc3Oc3ccc(cc3Cl)[C@@H](O)[C@@H](NC(=O)[C@H](CC(C)C)N(C)C(=O)OCC=C)C(=O)N[C@@H](CC(N)=O)C(=O)N[C@H]5C(=O)NC3C(=O)N[C@H](C(=O)N[C@@H](C(=O)OCC=C)c5cc(O)cc(O)c5-c5cc3ccc5O)[C@H](O)c3ccc(c(Cl)c3)O4)OC(CNCc3cc(Cl)ccc3O)C(O)C2O)OC(C)C1O. The van der Waals surface area contributed by atoms with Gasteiger partial charge >= 0.3 is 18.2 Å². The van der Waals surface area contributed by atoms with Gasteiger partial charge < -0.3 is 137 Å². The number of amides is 9. The number of aromatic hydroxyl groups is 4. The van der Waals surface area contributed by atoms with Crippen LogP contribution in [0, 0.1) is 5.92 Å². The molecule has 6 aromatic carbocycles. The number of carbonyl (C=O) groups is 10. The van der Waals surface area contributed by atoms with Crippen LogP contribution in [0.3, 0.4) is 0 Å². The number of aliphatic hydroxyl groups is 5. The molecule has 2 fully saturated rings. The second-order valence-electron chi connectivity index (χ2n) is 30.6. The fraction of sp³-hybridized carbons (Fsp3) is 0.381. The third-order valence-electron chi connectivity index (χ3n) is 21.0. The summed E-state index contributed by atoms with van der Waals surface area (Å²) in [6, 6.07) is 2.62. The van der Waals surface area contributed by atoms with Gasteiger partial charge in [-0.05, 0) is 121 Å². The molecule has 7 aliphatic rings. The maximum atomic E-state index is 16.5. The van der Waals surface area contributed by atoms with E-state index in [1.807, 2.05) is 0 Å². The zero-order valence-electron chi connectivity index (χ0n) is 67.6. The van der Waals surface area contributed by atoms with Crippen molar-refractivity contribution >= 4 is 94.3 Å². The monoisotopic (exact) mass is 1790 g/mol. The highest BCUT2D eigenvalue weighted by Crippen LogP contribution is 2.50. The number of halogens is 3. The molecule has 13 rings (SSSR count). The van der Waals surface area contributed by atoms with Gasteiger partial charge in [0, 0.05) is 59.9 Å². The van der Waals surface area contributed by atoms with Crippen LogP contribution in [-0.2, 0) is 73.3 Å². The Balaban J connectivity index is 1.16. The summed E-state index contributed by atoms with van der Waals surface area (Å²) in [4.78, 5) is 149. The van der Waals surface area contributed by atoms with E-state index in [4.69, 9.17) is 83.2 Å². The van der Waals surface area contributed by atoms with Crippen LogP contribution in [0.4, 0.5) is 9.59 Å². The summed E-state index contributed by atoms with van der Waals surface area (Å²) < 4.78 is 55.8. The van der Waals surface area contributed by atoms with E-state index in [9.17, 15) is 69.9 Å². The Hall–Kier alpha value is -12.1. The van der Waals surface area contributed by atoms with Gasteiger partial charge in [-0.15, -0.1) is 0 Å². The molecule has 668 valence electrons. The van der Waals surface area contributed by atoms with Crippen molar-refractivity contribution in [2.45, 2.75) is 163 Å². The Kier molecular flexibility index (Phi) is 30.2. The summed E-state index contributed by atoms with van der Waals surface area (Å²) >= 11 is 20.8. The number of phenolic OH excluding ortho intramolecular Hbond substituents is 4. The van der Waals surface area contributed by atoms with Crippen molar-refractivity contribution < 1.29 is 137 Å². The zero-order chi connectivity index (χ0) is 90.9. The number of benzene rings is 6. The van der Waals surface area contributed by atoms with Crippen LogP contribution in [0.2, 0.25) is 15.1 Å².